The summed E-state index contributed by atoms with van der Waals surface area (Å²) in [5, 5.41) is 19.4. The largest absolute Gasteiger partial charge is 0.245 e. The molecule has 0 bridgehead atoms. The lowest BCUT2D eigenvalue weighted by molar-refractivity contribution is 0.545. The van der Waals surface area contributed by atoms with Gasteiger partial charge in [-0.2, -0.15) is 10.3 Å². The predicted octanol–water partition coefficient (Wildman–Crippen LogP) is 5.35. The Morgan fingerprint density at radius 3 is 2.21 bits per heavy atom. The predicted molar refractivity (Wildman–Crippen MR) is 130 cm³/mol. The highest BCUT2D eigenvalue weighted by Crippen LogP contribution is 2.29. The van der Waals surface area contributed by atoms with Gasteiger partial charge in [-0.05, 0) is 46.6 Å². The van der Waals surface area contributed by atoms with Crippen LogP contribution in [0.4, 0.5) is 0 Å². The number of aryl methyl sites for hydroxylation is 2. The molecule has 172 valence electrons. The third-order valence-electron chi connectivity index (χ3n) is 5.79. The standard InChI is InChI=1S/C26H33N7/c1-18(2)9-15-24-27-25(16-10-19(3)4)33(30-24)17-20-11-13-21(14-12-20)22-7-5-6-8-23(22)26-28-31-32-29-26/h5-8,11-14,18-19H,9-10,15-17H2,1-4H3,(H,28,29,31,32). The second-order valence-corrected chi connectivity index (χ2v) is 9.44. The topological polar surface area (TPSA) is 85.2 Å². The molecule has 7 nitrogen and oxygen atoms in total. The van der Waals surface area contributed by atoms with E-state index in [1.54, 1.807) is 0 Å². The van der Waals surface area contributed by atoms with E-state index in [4.69, 9.17) is 10.1 Å². The fourth-order valence-electron chi connectivity index (χ4n) is 3.85. The van der Waals surface area contributed by atoms with E-state index in [-0.39, 0.29) is 0 Å². The van der Waals surface area contributed by atoms with Gasteiger partial charge in [-0.1, -0.05) is 76.2 Å². The first-order valence-corrected chi connectivity index (χ1v) is 11.8. The van der Waals surface area contributed by atoms with Crippen LogP contribution in [0.5, 0.6) is 0 Å². The van der Waals surface area contributed by atoms with Gasteiger partial charge in [-0.25, -0.2) is 9.67 Å². The summed E-state index contributed by atoms with van der Waals surface area (Å²) in [4.78, 5) is 4.88. The number of aromatic amines is 1. The zero-order valence-corrected chi connectivity index (χ0v) is 20.0. The van der Waals surface area contributed by atoms with Crippen LogP contribution >= 0.6 is 0 Å². The normalized spacial score (nSPS) is 11.6. The summed E-state index contributed by atoms with van der Waals surface area (Å²) in [5.74, 6) is 3.95. The maximum Gasteiger partial charge on any atom is 0.205 e. The summed E-state index contributed by atoms with van der Waals surface area (Å²) in [5.41, 5.74) is 4.37. The number of H-pyrrole nitrogens is 1. The average molecular weight is 444 g/mol. The van der Waals surface area contributed by atoms with E-state index in [2.05, 4.69) is 83.3 Å². The Bertz CT molecular complexity index is 1140. The average Bonchev–Trinajstić information content (AvgIpc) is 3.47. The number of benzene rings is 2. The van der Waals surface area contributed by atoms with Crippen LogP contribution in [-0.4, -0.2) is 35.4 Å². The number of tetrazole rings is 1. The highest BCUT2D eigenvalue weighted by molar-refractivity contribution is 5.80. The van der Waals surface area contributed by atoms with Crippen molar-refractivity contribution >= 4 is 0 Å². The summed E-state index contributed by atoms with van der Waals surface area (Å²) in [6.07, 6.45) is 4.13. The molecule has 0 fully saturated rings. The number of nitrogens with one attached hydrogen (secondary N) is 1. The zero-order valence-electron chi connectivity index (χ0n) is 20.0. The van der Waals surface area contributed by atoms with Crippen LogP contribution in [0.1, 0.15) is 57.7 Å². The second-order valence-electron chi connectivity index (χ2n) is 9.44. The molecule has 7 heteroatoms. The molecule has 0 radical (unpaired) electrons. The van der Waals surface area contributed by atoms with Crippen molar-refractivity contribution < 1.29 is 0 Å². The van der Waals surface area contributed by atoms with Crippen molar-refractivity contribution in [3.05, 3.63) is 65.7 Å². The quantitative estimate of drug-likeness (QED) is 0.357. The molecule has 2 heterocycles. The Balaban J connectivity index is 1.55. The Kier molecular flexibility index (Phi) is 7.27. The van der Waals surface area contributed by atoms with E-state index in [0.29, 0.717) is 17.7 Å². The van der Waals surface area contributed by atoms with Crippen molar-refractivity contribution in [1.29, 1.82) is 0 Å². The smallest absolute Gasteiger partial charge is 0.205 e. The van der Waals surface area contributed by atoms with Gasteiger partial charge in [0.15, 0.2) is 5.82 Å². The fraction of sp³-hybridized carbons (Fsp3) is 0.423. The molecule has 4 rings (SSSR count). The van der Waals surface area contributed by atoms with Crippen LogP contribution in [0.3, 0.4) is 0 Å². The SMILES string of the molecule is CC(C)CCc1nc(CCC(C)C)n(Cc2ccc(-c3ccccc3-c3nn[nH]n3)cc2)n1. The van der Waals surface area contributed by atoms with Crippen LogP contribution in [0.15, 0.2) is 48.5 Å². The van der Waals surface area contributed by atoms with E-state index in [1.807, 2.05) is 18.2 Å². The van der Waals surface area contributed by atoms with Crippen molar-refractivity contribution in [3.63, 3.8) is 0 Å². The number of aromatic nitrogens is 7. The molecule has 0 unspecified atom stereocenters. The molecule has 0 atom stereocenters. The van der Waals surface area contributed by atoms with Crippen molar-refractivity contribution in [2.24, 2.45) is 11.8 Å². The van der Waals surface area contributed by atoms with Crippen LogP contribution < -0.4 is 0 Å². The maximum atomic E-state index is 4.88. The van der Waals surface area contributed by atoms with E-state index < -0.39 is 0 Å². The minimum atomic E-state index is 0.598. The lowest BCUT2D eigenvalue weighted by Crippen LogP contribution is -2.08. The molecule has 4 aromatic rings. The first-order chi connectivity index (χ1) is 16.0. The highest BCUT2D eigenvalue weighted by atomic mass is 15.5. The number of rotatable bonds is 10. The molecular weight excluding hydrogens is 410 g/mol. The summed E-state index contributed by atoms with van der Waals surface area (Å²) < 4.78 is 2.10. The van der Waals surface area contributed by atoms with Gasteiger partial charge in [-0.15, -0.1) is 10.2 Å². The summed E-state index contributed by atoms with van der Waals surface area (Å²) in [6.45, 7) is 9.73. The molecule has 0 aliphatic carbocycles. The van der Waals surface area contributed by atoms with Gasteiger partial charge >= 0.3 is 0 Å². The van der Waals surface area contributed by atoms with Gasteiger partial charge in [0.25, 0.3) is 0 Å². The maximum absolute atomic E-state index is 4.88. The van der Waals surface area contributed by atoms with Gasteiger partial charge < -0.3 is 0 Å². The molecule has 0 spiro atoms. The van der Waals surface area contributed by atoms with Crippen LogP contribution in [0, 0.1) is 11.8 Å². The number of hydrogen-bond donors (Lipinski definition) is 1. The minimum absolute atomic E-state index is 0.598. The number of hydrogen-bond acceptors (Lipinski definition) is 5. The highest BCUT2D eigenvalue weighted by Gasteiger charge is 2.13. The molecule has 2 aromatic carbocycles. The summed E-state index contributed by atoms with van der Waals surface area (Å²) in [6, 6.07) is 16.8. The van der Waals surface area contributed by atoms with Gasteiger partial charge in [0.2, 0.25) is 5.82 Å². The molecular formula is C26H33N7. The third kappa shape index (κ3) is 5.92. The van der Waals surface area contributed by atoms with E-state index in [1.165, 1.54) is 5.56 Å². The fourth-order valence-corrected chi connectivity index (χ4v) is 3.85. The molecule has 0 aliphatic rings. The Morgan fingerprint density at radius 2 is 1.55 bits per heavy atom. The van der Waals surface area contributed by atoms with Gasteiger partial charge in [0.1, 0.15) is 5.82 Å². The monoisotopic (exact) mass is 443 g/mol. The summed E-state index contributed by atoms with van der Waals surface area (Å²) >= 11 is 0. The molecule has 2 aromatic heterocycles. The first-order valence-electron chi connectivity index (χ1n) is 11.8. The zero-order chi connectivity index (χ0) is 23.2. The van der Waals surface area contributed by atoms with Crippen molar-refractivity contribution in [1.82, 2.24) is 35.4 Å². The lowest BCUT2D eigenvalue weighted by Gasteiger charge is -2.10. The molecule has 0 saturated carbocycles. The Morgan fingerprint density at radius 1 is 0.848 bits per heavy atom. The summed E-state index contributed by atoms with van der Waals surface area (Å²) in [7, 11) is 0. The second kappa shape index (κ2) is 10.5. The van der Waals surface area contributed by atoms with Crippen LogP contribution in [-0.2, 0) is 19.4 Å². The van der Waals surface area contributed by atoms with E-state index in [9.17, 15) is 0 Å². The number of nitrogens with zero attached hydrogens (tertiary/aromatic N) is 6. The Labute approximate surface area is 195 Å². The third-order valence-corrected chi connectivity index (χ3v) is 5.79. The van der Waals surface area contributed by atoms with Gasteiger partial charge in [-0.3, -0.25) is 0 Å². The van der Waals surface area contributed by atoms with Crippen LogP contribution in [0.25, 0.3) is 22.5 Å². The molecule has 0 saturated heterocycles. The Hall–Kier alpha value is -3.35. The first kappa shape index (κ1) is 22.8. The molecule has 33 heavy (non-hydrogen) atoms. The van der Waals surface area contributed by atoms with Crippen molar-refractivity contribution in [2.75, 3.05) is 0 Å². The minimum Gasteiger partial charge on any atom is -0.245 e. The van der Waals surface area contributed by atoms with Gasteiger partial charge in [0.05, 0.1) is 6.54 Å². The van der Waals surface area contributed by atoms with Crippen LogP contribution in [0.2, 0.25) is 0 Å². The molecule has 0 aliphatic heterocycles. The van der Waals surface area contributed by atoms with Gasteiger partial charge in [0, 0.05) is 18.4 Å². The molecule has 0 amide bonds. The van der Waals surface area contributed by atoms with Crippen molar-refractivity contribution in [2.45, 2.75) is 59.9 Å². The molecule has 1 N–H and O–H groups in total. The van der Waals surface area contributed by atoms with E-state index in [0.717, 1.165) is 60.6 Å². The van der Waals surface area contributed by atoms with Crippen molar-refractivity contribution in [3.8, 4) is 22.5 Å². The van der Waals surface area contributed by atoms with E-state index >= 15 is 0 Å². The lowest BCUT2D eigenvalue weighted by atomic mass is 9.98.